The van der Waals surface area contributed by atoms with Gasteiger partial charge in [-0.15, -0.1) is 0 Å². The van der Waals surface area contributed by atoms with E-state index in [1.54, 1.807) is 0 Å². The Morgan fingerprint density at radius 3 is 1.75 bits per heavy atom. The van der Waals surface area contributed by atoms with E-state index in [0.717, 1.165) is 0 Å². The number of nitrogen functional groups attached to an aromatic ring is 1. The van der Waals surface area contributed by atoms with Crippen LogP contribution < -0.4 is 5.73 Å². The van der Waals surface area contributed by atoms with Gasteiger partial charge in [-0.25, -0.2) is 8.78 Å². The predicted octanol–water partition coefficient (Wildman–Crippen LogP) is 3.51. The first kappa shape index (κ1) is 9.84. The van der Waals surface area contributed by atoms with Crippen molar-refractivity contribution in [3.05, 3.63) is 26.7 Å². The van der Waals surface area contributed by atoms with Crippen LogP contribution in [-0.4, -0.2) is 0 Å². The maximum absolute atomic E-state index is 12.8. The van der Waals surface area contributed by atoms with Gasteiger partial charge in [-0.2, -0.15) is 0 Å². The van der Waals surface area contributed by atoms with E-state index in [4.69, 9.17) is 40.5 Å². The fourth-order valence-electron chi connectivity index (χ4n) is 0.622. The first-order chi connectivity index (χ1) is 5.46. The molecule has 12 heavy (non-hydrogen) atoms. The standard InChI is InChI=1S/C6H2Cl3F2N/c7-1-2(8)5(11)6(12)3(9)4(1)10/h12H2. The Hall–Kier alpha value is -0.250. The van der Waals surface area contributed by atoms with Crippen LogP contribution in [0.1, 0.15) is 0 Å². The monoisotopic (exact) mass is 231 g/mol. The Balaban J connectivity index is 3.60. The molecule has 0 atom stereocenters. The van der Waals surface area contributed by atoms with Gasteiger partial charge >= 0.3 is 0 Å². The minimum Gasteiger partial charge on any atom is -0.395 e. The van der Waals surface area contributed by atoms with Gasteiger partial charge in [-0.1, -0.05) is 34.8 Å². The number of hydrogen-bond acceptors (Lipinski definition) is 1. The summed E-state index contributed by atoms with van der Waals surface area (Å²) in [6.45, 7) is 0. The van der Waals surface area contributed by atoms with E-state index in [1.807, 2.05) is 0 Å². The van der Waals surface area contributed by atoms with Gasteiger partial charge in [0, 0.05) is 0 Å². The van der Waals surface area contributed by atoms with E-state index >= 15 is 0 Å². The zero-order chi connectivity index (χ0) is 9.46. The lowest BCUT2D eigenvalue weighted by molar-refractivity contribution is 0.605. The fraction of sp³-hybridized carbons (Fsp3) is 0. The third-order valence-electron chi connectivity index (χ3n) is 1.24. The molecule has 66 valence electrons. The zero-order valence-corrected chi connectivity index (χ0v) is 7.73. The lowest BCUT2D eigenvalue weighted by Gasteiger charge is -2.05. The van der Waals surface area contributed by atoms with Gasteiger partial charge in [0.25, 0.3) is 0 Å². The van der Waals surface area contributed by atoms with E-state index in [0.29, 0.717) is 0 Å². The van der Waals surface area contributed by atoms with Crippen LogP contribution in [0.15, 0.2) is 0 Å². The van der Waals surface area contributed by atoms with Crippen LogP contribution in [0, 0.1) is 11.6 Å². The molecule has 0 radical (unpaired) electrons. The summed E-state index contributed by atoms with van der Waals surface area (Å²) < 4.78 is 25.7. The highest BCUT2D eigenvalue weighted by molar-refractivity contribution is 6.44. The molecule has 2 N–H and O–H groups in total. The average Bonchev–Trinajstić information content (AvgIpc) is 2.08. The van der Waals surface area contributed by atoms with Crippen molar-refractivity contribution < 1.29 is 8.78 Å². The minimum atomic E-state index is -1.01. The van der Waals surface area contributed by atoms with Crippen molar-refractivity contribution in [3.8, 4) is 0 Å². The minimum absolute atomic E-state index is 0.538. The summed E-state index contributed by atoms with van der Waals surface area (Å²) in [5.74, 6) is -2.02. The molecule has 1 rings (SSSR count). The third-order valence-corrected chi connectivity index (χ3v) is 2.42. The number of anilines is 1. The molecule has 0 bridgehead atoms. The van der Waals surface area contributed by atoms with E-state index < -0.39 is 32.4 Å². The van der Waals surface area contributed by atoms with Gasteiger partial charge in [0.15, 0.2) is 11.6 Å². The van der Waals surface area contributed by atoms with Gasteiger partial charge in [-0.05, 0) is 0 Å². The van der Waals surface area contributed by atoms with Crippen molar-refractivity contribution in [2.45, 2.75) is 0 Å². The second kappa shape index (κ2) is 3.24. The van der Waals surface area contributed by atoms with Crippen molar-refractivity contribution in [2.75, 3.05) is 5.73 Å². The smallest absolute Gasteiger partial charge is 0.167 e. The second-order valence-corrected chi connectivity index (χ2v) is 3.12. The van der Waals surface area contributed by atoms with Crippen LogP contribution in [0.25, 0.3) is 0 Å². The van der Waals surface area contributed by atoms with Gasteiger partial charge < -0.3 is 5.73 Å². The summed E-state index contributed by atoms with van der Waals surface area (Å²) in [4.78, 5) is 0. The quantitative estimate of drug-likeness (QED) is 0.413. The van der Waals surface area contributed by atoms with Gasteiger partial charge in [0.1, 0.15) is 10.0 Å². The van der Waals surface area contributed by atoms with Crippen LogP contribution >= 0.6 is 34.8 Å². The summed E-state index contributed by atoms with van der Waals surface area (Å²) in [5, 5.41) is -1.67. The Kier molecular flexibility index (Phi) is 2.66. The molecule has 0 unspecified atom stereocenters. The van der Waals surface area contributed by atoms with Crippen LogP contribution in [0.5, 0.6) is 0 Å². The highest BCUT2D eigenvalue weighted by Gasteiger charge is 2.19. The summed E-state index contributed by atoms with van der Waals surface area (Å²) in [6, 6.07) is 0. The summed E-state index contributed by atoms with van der Waals surface area (Å²) in [7, 11) is 0. The largest absolute Gasteiger partial charge is 0.395 e. The van der Waals surface area contributed by atoms with Crippen molar-refractivity contribution >= 4 is 40.5 Å². The highest BCUT2D eigenvalue weighted by Crippen LogP contribution is 2.37. The maximum Gasteiger partial charge on any atom is 0.167 e. The Morgan fingerprint density at radius 1 is 0.833 bits per heavy atom. The SMILES string of the molecule is Nc1c(F)c(Cl)c(Cl)c(F)c1Cl. The first-order valence-corrected chi connectivity index (χ1v) is 3.87. The van der Waals surface area contributed by atoms with Crippen molar-refractivity contribution in [1.82, 2.24) is 0 Å². The Bertz CT molecular complexity index is 235. The summed E-state index contributed by atoms with van der Waals surface area (Å²) in [6.07, 6.45) is 0. The molecule has 1 aromatic rings. The van der Waals surface area contributed by atoms with Crippen LogP contribution in [0.3, 0.4) is 0 Å². The third kappa shape index (κ3) is 1.32. The molecule has 0 saturated carbocycles. The lowest BCUT2D eigenvalue weighted by atomic mass is 10.3. The van der Waals surface area contributed by atoms with Crippen molar-refractivity contribution in [1.29, 1.82) is 0 Å². The fourth-order valence-corrected chi connectivity index (χ4v) is 1.21. The molecule has 0 spiro atoms. The zero-order valence-electron chi connectivity index (χ0n) is 5.47. The summed E-state index contributed by atoms with van der Waals surface area (Å²) in [5.41, 5.74) is 4.52. The van der Waals surface area contributed by atoms with E-state index in [1.165, 1.54) is 0 Å². The molecule has 0 aliphatic rings. The molecule has 0 fully saturated rings. The molecule has 0 aromatic heterocycles. The average molecular weight is 232 g/mol. The number of nitrogens with two attached hydrogens (primary N) is 1. The number of benzene rings is 1. The predicted molar refractivity (Wildman–Crippen MR) is 45.8 cm³/mol. The van der Waals surface area contributed by atoms with E-state index in [-0.39, 0.29) is 0 Å². The Morgan fingerprint density at radius 2 is 1.25 bits per heavy atom. The van der Waals surface area contributed by atoms with Gasteiger partial charge in [-0.3, -0.25) is 0 Å². The number of hydrogen-bond donors (Lipinski definition) is 1. The van der Waals surface area contributed by atoms with Crippen LogP contribution in [0.4, 0.5) is 14.5 Å². The molecule has 0 heterocycles. The highest BCUT2D eigenvalue weighted by atomic mass is 35.5. The first-order valence-electron chi connectivity index (χ1n) is 2.73. The Labute approximate surface area is 82.0 Å². The topological polar surface area (TPSA) is 26.0 Å². The lowest BCUT2D eigenvalue weighted by Crippen LogP contribution is -1.96. The number of rotatable bonds is 0. The van der Waals surface area contributed by atoms with Crippen LogP contribution in [-0.2, 0) is 0 Å². The second-order valence-electron chi connectivity index (χ2n) is 1.98. The molecular formula is C6H2Cl3F2N. The maximum atomic E-state index is 12.8. The molecule has 0 amide bonds. The van der Waals surface area contributed by atoms with E-state index in [9.17, 15) is 8.78 Å². The van der Waals surface area contributed by atoms with Gasteiger partial charge in [0.2, 0.25) is 0 Å². The van der Waals surface area contributed by atoms with E-state index in [2.05, 4.69) is 0 Å². The normalized spacial score (nSPS) is 10.4. The molecule has 0 saturated heterocycles. The van der Waals surface area contributed by atoms with Gasteiger partial charge in [0.05, 0.1) is 10.7 Å². The molecular weight excluding hydrogens is 230 g/mol. The van der Waals surface area contributed by atoms with Crippen LogP contribution in [0.2, 0.25) is 15.1 Å². The molecule has 0 aliphatic carbocycles. The number of halogens is 5. The molecule has 1 aromatic carbocycles. The van der Waals surface area contributed by atoms with Crippen molar-refractivity contribution in [3.63, 3.8) is 0 Å². The molecule has 0 aliphatic heterocycles. The molecule has 1 nitrogen and oxygen atoms in total. The molecule has 6 heteroatoms. The summed E-state index contributed by atoms with van der Waals surface area (Å²) >= 11 is 15.8. The van der Waals surface area contributed by atoms with Crippen molar-refractivity contribution in [2.24, 2.45) is 0 Å².